The van der Waals surface area contributed by atoms with Gasteiger partial charge in [-0.25, -0.2) is 9.78 Å². The first-order chi connectivity index (χ1) is 10.6. The Morgan fingerprint density at radius 2 is 1.73 bits per heavy atom. The van der Waals surface area contributed by atoms with E-state index in [1.54, 1.807) is 6.33 Å². The van der Waals surface area contributed by atoms with E-state index in [-0.39, 0.29) is 6.03 Å². The molecule has 0 bridgehead atoms. The summed E-state index contributed by atoms with van der Waals surface area (Å²) in [6.07, 6.45) is 1.63. The van der Waals surface area contributed by atoms with Gasteiger partial charge in [-0.2, -0.15) is 0 Å². The number of aromatic nitrogens is 2. The summed E-state index contributed by atoms with van der Waals surface area (Å²) in [5.41, 5.74) is 4.49. The molecule has 3 N–H and O–H groups in total. The van der Waals surface area contributed by atoms with Crippen molar-refractivity contribution in [1.82, 2.24) is 9.97 Å². The van der Waals surface area contributed by atoms with Crippen LogP contribution in [0.15, 0.2) is 48.8 Å². The fourth-order valence-electron chi connectivity index (χ4n) is 2.26. The average Bonchev–Trinajstić information content (AvgIpc) is 2.95. The molecular formula is C17H18N4O. The summed E-state index contributed by atoms with van der Waals surface area (Å²) >= 11 is 0. The fraction of sp³-hybridized carbons (Fsp3) is 0.176. The molecule has 0 aliphatic carbocycles. The van der Waals surface area contributed by atoms with Crippen LogP contribution >= 0.6 is 0 Å². The van der Waals surface area contributed by atoms with Crippen LogP contribution in [0.1, 0.15) is 25.3 Å². The highest BCUT2D eigenvalue weighted by Gasteiger charge is 2.05. The molecule has 22 heavy (non-hydrogen) atoms. The SMILES string of the molecule is CC(C)c1ccc(NC(=O)Nc2ccc3nc[nH]c3c2)cc1. The number of nitrogens with zero attached hydrogens (tertiary/aromatic N) is 1. The third-order valence-corrected chi connectivity index (χ3v) is 3.51. The first-order valence-electron chi connectivity index (χ1n) is 7.23. The Kier molecular flexibility index (Phi) is 3.78. The van der Waals surface area contributed by atoms with Crippen LogP contribution in [-0.2, 0) is 0 Å². The zero-order valence-electron chi connectivity index (χ0n) is 12.6. The third-order valence-electron chi connectivity index (χ3n) is 3.51. The van der Waals surface area contributed by atoms with Crippen molar-refractivity contribution in [3.8, 4) is 0 Å². The minimum atomic E-state index is -0.267. The van der Waals surface area contributed by atoms with Crippen molar-refractivity contribution in [2.75, 3.05) is 10.6 Å². The van der Waals surface area contributed by atoms with Gasteiger partial charge in [0, 0.05) is 11.4 Å². The Labute approximate surface area is 128 Å². The summed E-state index contributed by atoms with van der Waals surface area (Å²) in [6, 6.07) is 13.1. The average molecular weight is 294 g/mol. The largest absolute Gasteiger partial charge is 0.345 e. The number of aromatic amines is 1. The number of urea groups is 1. The van der Waals surface area contributed by atoms with Gasteiger partial charge in [0.2, 0.25) is 0 Å². The zero-order valence-corrected chi connectivity index (χ0v) is 12.6. The van der Waals surface area contributed by atoms with Gasteiger partial charge in [-0.1, -0.05) is 26.0 Å². The summed E-state index contributed by atoms with van der Waals surface area (Å²) in [7, 11) is 0. The molecule has 3 rings (SSSR count). The van der Waals surface area contributed by atoms with E-state index in [0.717, 1.165) is 16.7 Å². The second kappa shape index (κ2) is 5.89. The first-order valence-corrected chi connectivity index (χ1v) is 7.23. The molecule has 2 aromatic carbocycles. The number of rotatable bonds is 3. The number of anilines is 2. The van der Waals surface area contributed by atoms with Crippen molar-refractivity contribution < 1.29 is 4.79 Å². The molecule has 1 aromatic heterocycles. The van der Waals surface area contributed by atoms with Gasteiger partial charge in [0.25, 0.3) is 0 Å². The van der Waals surface area contributed by atoms with E-state index in [9.17, 15) is 4.79 Å². The molecular weight excluding hydrogens is 276 g/mol. The molecule has 0 saturated heterocycles. The number of benzene rings is 2. The topological polar surface area (TPSA) is 69.8 Å². The van der Waals surface area contributed by atoms with Crippen molar-refractivity contribution in [3.05, 3.63) is 54.4 Å². The maximum absolute atomic E-state index is 12.0. The number of hydrogen-bond donors (Lipinski definition) is 3. The summed E-state index contributed by atoms with van der Waals surface area (Å²) < 4.78 is 0. The summed E-state index contributed by atoms with van der Waals surface area (Å²) in [4.78, 5) is 19.2. The lowest BCUT2D eigenvalue weighted by Gasteiger charge is -2.09. The Balaban J connectivity index is 1.66. The lowest BCUT2D eigenvalue weighted by atomic mass is 10.0. The molecule has 5 nitrogen and oxygen atoms in total. The molecule has 112 valence electrons. The highest BCUT2D eigenvalue weighted by atomic mass is 16.2. The zero-order chi connectivity index (χ0) is 15.5. The normalized spacial score (nSPS) is 10.9. The summed E-state index contributed by atoms with van der Waals surface area (Å²) in [5, 5.41) is 5.63. The van der Waals surface area contributed by atoms with E-state index in [4.69, 9.17) is 0 Å². The molecule has 0 aliphatic heterocycles. The summed E-state index contributed by atoms with van der Waals surface area (Å²) in [6.45, 7) is 4.28. The number of carbonyl (C=O) groups excluding carboxylic acids is 1. The standard InChI is InChI=1S/C17H18N4O/c1-11(2)12-3-5-13(6-4-12)20-17(22)21-14-7-8-15-16(9-14)19-10-18-15/h3-11H,1-2H3,(H,18,19)(H2,20,21,22). The summed E-state index contributed by atoms with van der Waals surface area (Å²) in [5.74, 6) is 0.476. The van der Waals surface area contributed by atoms with Crippen LogP contribution in [0.25, 0.3) is 11.0 Å². The number of fused-ring (bicyclic) bond motifs is 1. The van der Waals surface area contributed by atoms with Crippen LogP contribution in [0.4, 0.5) is 16.2 Å². The van der Waals surface area contributed by atoms with E-state index in [1.807, 2.05) is 42.5 Å². The van der Waals surface area contributed by atoms with Gasteiger partial charge in [0.15, 0.2) is 0 Å². The molecule has 0 saturated carbocycles. The van der Waals surface area contributed by atoms with E-state index in [0.29, 0.717) is 11.6 Å². The minimum Gasteiger partial charge on any atom is -0.345 e. The number of nitrogens with one attached hydrogen (secondary N) is 3. The van der Waals surface area contributed by atoms with Crippen molar-refractivity contribution >= 4 is 28.4 Å². The van der Waals surface area contributed by atoms with Crippen LogP contribution in [0.5, 0.6) is 0 Å². The van der Waals surface area contributed by atoms with E-state index >= 15 is 0 Å². The number of hydrogen-bond acceptors (Lipinski definition) is 2. The van der Waals surface area contributed by atoms with Crippen LogP contribution in [-0.4, -0.2) is 16.0 Å². The highest BCUT2D eigenvalue weighted by Crippen LogP contribution is 2.18. The van der Waals surface area contributed by atoms with Gasteiger partial charge in [0.1, 0.15) is 0 Å². The molecule has 5 heteroatoms. The monoisotopic (exact) mass is 294 g/mol. The van der Waals surface area contributed by atoms with Crippen molar-refractivity contribution in [2.24, 2.45) is 0 Å². The van der Waals surface area contributed by atoms with Crippen molar-refractivity contribution in [1.29, 1.82) is 0 Å². The predicted molar refractivity (Wildman–Crippen MR) is 89.3 cm³/mol. The van der Waals surface area contributed by atoms with Gasteiger partial charge < -0.3 is 15.6 Å². The Hall–Kier alpha value is -2.82. The van der Waals surface area contributed by atoms with E-state index < -0.39 is 0 Å². The maximum atomic E-state index is 12.0. The molecule has 1 heterocycles. The van der Waals surface area contributed by atoms with Crippen molar-refractivity contribution in [3.63, 3.8) is 0 Å². The molecule has 3 aromatic rings. The maximum Gasteiger partial charge on any atom is 0.323 e. The Bertz CT molecular complexity index is 790. The van der Waals surface area contributed by atoms with Crippen LogP contribution in [0, 0.1) is 0 Å². The lowest BCUT2D eigenvalue weighted by molar-refractivity contribution is 0.262. The highest BCUT2D eigenvalue weighted by molar-refractivity contribution is 6.00. The number of amides is 2. The number of carbonyl (C=O) groups is 1. The Morgan fingerprint density at radius 1 is 1.05 bits per heavy atom. The van der Waals surface area contributed by atoms with Gasteiger partial charge in [0.05, 0.1) is 17.4 Å². The molecule has 2 amide bonds. The van der Waals surface area contributed by atoms with E-state index in [2.05, 4.69) is 34.4 Å². The first kappa shape index (κ1) is 14.1. The molecule has 0 atom stereocenters. The van der Waals surface area contributed by atoms with Gasteiger partial charge in [-0.3, -0.25) is 0 Å². The van der Waals surface area contributed by atoms with Gasteiger partial charge in [-0.05, 0) is 41.8 Å². The van der Waals surface area contributed by atoms with Crippen LogP contribution in [0.2, 0.25) is 0 Å². The number of H-pyrrole nitrogens is 1. The second-order valence-corrected chi connectivity index (χ2v) is 5.49. The molecule has 0 fully saturated rings. The number of imidazole rings is 1. The van der Waals surface area contributed by atoms with Crippen LogP contribution < -0.4 is 10.6 Å². The van der Waals surface area contributed by atoms with E-state index in [1.165, 1.54) is 5.56 Å². The Morgan fingerprint density at radius 3 is 2.45 bits per heavy atom. The molecule has 0 spiro atoms. The van der Waals surface area contributed by atoms with Gasteiger partial charge >= 0.3 is 6.03 Å². The van der Waals surface area contributed by atoms with Crippen molar-refractivity contribution in [2.45, 2.75) is 19.8 Å². The quantitative estimate of drug-likeness (QED) is 0.673. The second-order valence-electron chi connectivity index (χ2n) is 5.49. The van der Waals surface area contributed by atoms with Gasteiger partial charge in [-0.15, -0.1) is 0 Å². The molecule has 0 unspecified atom stereocenters. The smallest absolute Gasteiger partial charge is 0.323 e. The fourth-order valence-corrected chi connectivity index (χ4v) is 2.26. The third kappa shape index (κ3) is 3.09. The minimum absolute atomic E-state index is 0.267. The molecule has 0 aliphatic rings. The lowest BCUT2D eigenvalue weighted by Crippen LogP contribution is -2.19. The van der Waals surface area contributed by atoms with Crippen LogP contribution in [0.3, 0.4) is 0 Å². The predicted octanol–water partition coefficient (Wildman–Crippen LogP) is 4.33. The molecule has 0 radical (unpaired) electrons.